The lowest BCUT2D eigenvalue weighted by atomic mass is 9.96. The number of oxime groups is 1. The van der Waals surface area contributed by atoms with E-state index in [0.717, 1.165) is 36.3 Å². The number of carbonyl (C=O) groups is 2. The minimum atomic E-state index is -4.06. The van der Waals surface area contributed by atoms with Gasteiger partial charge in [0, 0.05) is 32.1 Å². The molecule has 1 aromatic heterocycles. The molecule has 1 aliphatic rings. The second kappa shape index (κ2) is 19.1. The minimum absolute atomic E-state index is 0.0481. The fraction of sp³-hybridized carbons (Fsp3) is 0.500. The van der Waals surface area contributed by atoms with Crippen LogP contribution in [0.25, 0.3) is 0 Å². The molecule has 278 valence electrons. The number of hydrogen-bond donors (Lipinski definition) is 5. The van der Waals surface area contributed by atoms with Gasteiger partial charge in [-0.2, -0.15) is 4.31 Å². The summed E-state index contributed by atoms with van der Waals surface area (Å²) < 4.78 is 29.5. The molecule has 0 radical (unpaired) electrons. The average Bonchev–Trinajstić information content (AvgIpc) is 3.82. The smallest absolute Gasteiger partial charge is 0.318 e. The predicted molar refractivity (Wildman–Crippen MR) is 198 cm³/mol. The quantitative estimate of drug-likeness (QED) is 0.0736. The zero-order chi connectivity index (χ0) is 37.0. The molecule has 51 heavy (non-hydrogen) atoms. The molecule has 0 aliphatic heterocycles. The molecule has 1 unspecified atom stereocenters. The van der Waals surface area contributed by atoms with Crippen molar-refractivity contribution in [1.29, 1.82) is 0 Å². The summed E-state index contributed by atoms with van der Waals surface area (Å²) >= 11 is 1.42. The second-order valence-electron chi connectivity index (χ2n) is 13.3. The van der Waals surface area contributed by atoms with Crippen LogP contribution in [0.3, 0.4) is 0 Å². The third-order valence-electron chi connectivity index (χ3n) is 9.44. The Morgan fingerprint density at radius 2 is 1.80 bits per heavy atom. The molecule has 4 atom stereocenters. The van der Waals surface area contributed by atoms with Gasteiger partial charge in [-0.15, -0.1) is 11.3 Å². The summed E-state index contributed by atoms with van der Waals surface area (Å²) in [6.45, 7) is 4.32. The molecule has 3 amide bonds. The maximum absolute atomic E-state index is 14.1. The lowest BCUT2D eigenvalue weighted by Gasteiger charge is -2.33. The van der Waals surface area contributed by atoms with Crippen LogP contribution in [0.4, 0.5) is 4.79 Å². The first-order valence-corrected chi connectivity index (χ1v) is 19.7. The molecular formula is C36H51N7O6S2. The zero-order valence-corrected chi connectivity index (χ0v) is 31.2. The van der Waals surface area contributed by atoms with E-state index in [-0.39, 0.29) is 42.8 Å². The summed E-state index contributed by atoms with van der Waals surface area (Å²) in [4.78, 5) is 33.3. The van der Waals surface area contributed by atoms with E-state index in [1.54, 1.807) is 19.2 Å². The number of nitrogens with two attached hydrogens (primary N) is 1. The molecule has 6 N–H and O–H groups in total. The summed E-state index contributed by atoms with van der Waals surface area (Å²) in [6.07, 6.45) is 4.55. The topological polar surface area (TPSA) is 191 Å². The lowest BCUT2D eigenvalue weighted by Crippen LogP contribution is -2.58. The normalized spacial score (nSPS) is 16.2. The predicted octanol–water partition coefficient (Wildman–Crippen LogP) is 3.94. The fourth-order valence-electron chi connectivity index (χ4n) is 6.23. The van der Waals surface area contributed by atoms with Gasteiger partial charge in [0.2, 0.25) is 15.9 Å². The molecule has 3 aromatic rings. The van der Waals surface area contributed by atoms with E-state index >= 15 is 0 Å². The van der Waals surface area contributed by atoms with Gasteiger partial charge in [0.25, 0.3) is 0 Å². The third kappa shape index (κ3) is 11.3. The summed E-state index contributed by atoms with van der Waals surface area (Å²) in [5, 5.41) is 32.2. The van der Waals surface area contributed by atoms with E-state index in [9.17, 15) is 23.1 Å². The highest BCUT2D eigenvalue weighted by Gasteiger charge is 2.35. The minimum Gasteiger partial charge on any atom is -0.411 e. The molecule has 4 rings (SSSR count). The average molecular weight is 742 g/mol. The van der Waals surface area contributed by atoms with Crippen molar-refractivity contribution < 1.29 is 28.3 Å². The number of carbonyl (C=O) groups excluding carboxylic acids is 2. The fourth-order valence-corrected chi connectivity index (χ4v) is 8.43. The van der Waals surface area contributed by atoms with Crippen molar-refractivity contribution in [1.82, 2.24) is 24.8 Å². The molecule has 1 aliphatic carbocycles. The van der Waals surface area contributed by atoms with Crippen molar-refractivity contribution in [3.05, 3.63) is 81.8 Å². The number of aromatic nitrogens is 1. The summed E-state index contributed by atoms with van der Waals surface area (Å²) in [7, 11) is -2.43. The highest BCUT2D eigenvalue weighted by molar-refractivity contribution is 7.89. The molecule has 15 heteroatoms. The Hall–Kier alpha value is -3.89. The standard InChI is InChI=1S/C36H51N7O6S2/c1-4-25(2)34(41-36(46)42(3)22-29-24-50-33(19-37)39-29)35(45)40-31(18-26-10-6-5-7-11-26)32(44)23-43(21-28-12-8-9-13-28)51(48,49)30-16-14-27(15-17-30)20-38-47/h5-7,10-11,14-17,20,24-25,28,31-32,34,44,47H,4,8-9,12-13,18-19,21-23,37H2,1-3H3,(H,40,45)(H,41,46)/b38-20+/t25-,31-,32?,34+/m0/s1. The Kier molecular flexibility index (Phi) is 14.9. The Morgan fingerprint density at radius 1 is 1.12 bits per heavy atom. The van der Waals surface area contributed by atoms with Gasteiger partial charge in [0.1, 0.15) is 11.0 Å². The summed E-state index contributed by atoms with van der Waals surface area (Å²) in [5.41, 5.74) is 7.76. The van der Waals surface area contributed by atoms with Crippen molar-refractivity contribution in [2.45, 2.75) is 88.5 Å². The molecule has 0 saturated heterocycles. The van der Waals surface area contributed by atoms with Crippen LogP contribution < -0.4 is 16.4 Å². The molecule has 1 heterocycles. The van der Waals surface area contributed by atoms with E-state index in [0.29, 0.717) is 24.2 Å². The first-order valence-electron chi connectivity index (χ1n) is 17.4. The van der Waals surface area contributed by atoms with E-state index in [1.807, 2.05) is 49.6 Å². The second-order valence-corrected chi connectivity index (χ2v) is 16.1. The lowest BCUT2D eigenvalue weighted by molar-refractivity contribution is -0.125. The third-order valence-corrected chi connectivity index (χ3v) is 12.2. The Bertz CT molecular complexity index is 1680. The Labute approximate surface area is 305 Å². The maximum Gasteiger partial charge on any atom is 0.318 e. The van der Waals surface area contributed by atoms with Crippen LogP contribution in [-0.4, -0.2) is 89.4 Å². The maximum atomic E-state index is 14.1. The van der Waals surface area contributed by atoms with Crippen LogP contribution in [0.1, 0.15) is 67.8 Å². The van der Waals surface area contributed by atoms with E-state index in [2.05, 4.69) is 20.8 Å². The number of aliphatic hydroxyl groups excluding tert-OH is 1. The molecule has 13 nitrogen and oxygen atoms in total. The van der Waals surface area contributed by atoms with Crippen LogP contribution >= 0.6 is 11.3 Å². The SMILES string of the molecule is CC[C@H](C)[C@@H](NC(=O)N(C)Cc1csc(CN)n1)C(=O)N[C@@H](Cc1ccccc1)C(O)CN(CC1CCCC1)S(=O)(=O)c1ccc(/C=N/O)cc1. The van der Waals surface area contributed by atoms with Gasteiger partial charge >= 0.3 is 6.03 Å². The zero-order valence-electron chi connectivity index (χ0n) is 29.5. The van der Waals surface area contributed by atoms with E-state index in [4.69, 9.17) is 10.9 Å². The molecule has 0 bridgehead atoms. The molecule has 1 fully saturated rings. The number of urea groups is 1. The number of amides is 3. The number of nitrogens with zero attached hydrogens (tertiary/aromatic N) is 4. The number of sulfonamides is 1. The number of hydrogen-bond acceptors (Lipinski definition) is 10. The summed E-state index contributed by atoms with van der Waals surface area (Å²) in [5.74, 6) is -0.585. The van der Waals surface area contributed by atoms with Gasteiger partial charge in [-0.3, -0.25) is 4.79 Å². The number of aliphatic hydroxyl groups is 1. The highest BCUT2D eigenvalue weighted by atomic mass is 32.2. The van der Waals surface area contributed by atoms with Crippen molar-refractivity contribution >= 4 is 39.5 Å². The van der Waals surface area contributed by atoms with E-state index < -0.39 is 40.1 Å². The van der Waals surface area contributed by atoms with Crippen molar-refractivity contribution in [3.63, 3.8) is 0 Å². The monoisotopic (exact) mass is 741 g/mol. The van der Waals surface area contributed by atoms with Crippen LogP contribution in [0, 0.1) is 11.8 Å². The van der Waals surface area contributed by atoms with Gasteiger partial charge < -0.3 is 31.6 Å². The van der Waals surface area contributed by atoms with Crippen LogP contribution in [0.2, 0.25) is 0 Å². The van der Waals surface area contributed by atoms with Gasteiger partial charge in [-0.1, -0.05) is 80.7 Å². The summed E-state index contributed by atoms with van der Waals surface area (Å²) in [6, 6.07) is 13.1. The van der Waals surface area contributed by atoms with Gasteiger partial charge in [0.15, 0.2) is 0 Å². The van der Waals surface area contributed by atoms with Crippen LogP contribution in [-0.2, 0) is 34.3 Å². The van der Waals surface area contributed by atoms with E-state index in [1.165, 1.54) is 38.9 Å². The first-order chi connectivity index (χ1) is 24.4. The van der Waals surface area contributed by atoms with Crippen LogP contribution in [0.5, 0.6) is 0 Å². The Morgan fingerprint density at radius 3 is 2.41 bits per heavy atom. The number of rotatable bonds is 18. The number of nitrogens with one attached hydrogen (secondary N) is 2. The molecule has 1 saturated carbocycles. The molecule has 0 spiro atoms. The van der Waals surface area contributed by atoms with Gasteiger partial charge in [-0.05, 0) is 54.4 Å². The molecular weight excluding hydrogens is 691 g/mol. The van der Waals surface area contributed by atoms with Gasteiger partial charge in [0.05, 0.1) is 35.5 Å². The Balaban J connectivity index is 1.57. The van der Waals surface area contributed by atoms with Crippen LogP contribution in [0.15, 0.2) is 70.0 Å². The largest absolute Gasteiger partial charge is 0.411 e. The van der Waals surface area contributed by atoms with Crippen molar-refractivity contribution in [2.24, 2.45) is 22.7 Å². The van der Waals surface area contributed by atoms with Gasteiger partial charge in [-0.25, -0.2) is 18.2 Å². The van der Waals surface area contributed by atoms with Crippen molar-refractivity contribution in [3.8, 4) is 0 Å². The first kappa shape index (κ1) is 39.9. The number of benzene rings is 2. The molecule has 2 aromatic carbocycles. The highest BCUT2D eigenvalue weighted by Crippen LogP contribution is 2.28. The number of thiazole rings is 1. The van der Waals surface area contributed by atoms with Crippen molar-refractivity contribution in [2.75, 3.05) is 20.1 Å².